The Bertz CT molecular complexity index is 540. The second-order valence-electron chi connectivity index (χ2n) is 4.78. The zero-order valence-electron chi connectivity index (χ0n) is 11.8. The Morgan fingerprint density at radius 3 is 2.52 bits per heavy atom. The van der Waals surface area contributed by atoms with E-state index in [0.717, 1.165) is 0 Å². The van der Waals surface area contributed by atoms with Gasteiger partial charge >= 0.3 is 5.97 Å². The number of carboxylic acid groups (broad SMARTS) is 1. The van der Waals surface area contributed by atoms with E-state index in [1.54, 1.807) is 6.92 Å². The molecular formula is C12H19N5O4. The van der Waals surface area contributed by atoms with Crippen molar-refractivity contribution in [2.75, 3.05) is 0 Å². The molecule has 116 valence electrons. The predicted octanol–water partition coefficient (Wildman–Crippen LogP) is -1.67. The Hall–Kier alpha value is -2.26. The number of carbonyl (C=O) groups is 3. The topological polar surface area (TPSA) is 153 Å². The molecule has 0 radical (unpaired) electrons. The summed E-state index contributed by atoms with van der Waals surface area (Å²) in [4.78, 5) is 37.9. The lowest BCUT2D eigenvalue weighted by molar-refractivity contribution is -0.141. The molecule has 9 heteroatoms. The van der Waals surface area contributed by atoms with Crippen molar-refractivity contribution < 1.29 is 19.5 Å². The van der Waals surface area contributed by atoms with Crippen LogP contribution in [-0.4, -0.2) is 50.6 Å². The number of aromatic nitrogens is 2. The maximum atomic E-state index is 11.7. The van der Waals surface area contributed by atoms with Gasteiger partial charge in [0.15, 0.2) is 0 Å². The van der Waals surface area contributed by atoms with Crippen LogP contribution in [-0.2, 0) is 16.0 Å². The summed E-state index contributed by atoms with van der Waals surface area (Å²) < 4.78 is 1.23. The molecule has 0 aliphatic rings. The molecule has 1 heterocycles. The minimum atomic E-state index is -1.15. The first kappa shape index (κ1) is 16.8. The van der Waals surface area contributed by atoms with Crippen molar-refractivity contribution in [2.24, 2.45) is 11.5 Å². The minimum Gasteiger partial charge on any atom is -0.480 e. The Kier molecular flexibility index (Phi) is 5.56. The third-order valence-corrected chi connectivity index (χ3v) is 2.78. The molecule has 0 spiro atoms. The summed E-state index contributed by atoms with van der Waals surface area (Å²) in [6, 6.07) is -2.65. The van der Waals surface area contributed by atoms with E-state index < -0.39 is 30.0 Å². The van der Waals surface area contributed by atoms with Crippen LogP contribution in [0.3, 0.4) is 0 Å². The van der Waals surface area contributed by atoms with Crippen LogP contribution in [0.5, 0.6) is 0 Å². The van der Waals surface area contributed by atoms with Gasteiger partial charge < -0.3 is 21.9 Å². The molecule has 1 rings (SSSR count). The number of nitrogens with two attached hydrogens (primary N) is 2. The number of imidazole rings is 1. The van der Waals surface area contributed by atoms with Crippen molar-refractivity contribution in [1.29, 1.82) is 0 Å². The maximum Gasteiger partial charge on any atom is 0.325 e. The zero-order valence-corrected chi connectivity index (χ0v) is 11.8. The van der Waals surface area contributed by atoms with Gasteiger partial charge in [-0.3, -0.25) is 19.0 Å². The van der Waals surface area contributed by atoms with Crippen molar-refractivity contribution >= 4 is 17.8 Å². The highest BCUT2D eigenvalue weighted by Crippen LogP contribution is 2.01. The molecule has 21 heavy (non-hydrogen) atoms. The summed E-state index contributed by atoms with van der Waals surface area (Å²) in [5, 5.41) is 11.0. The number of carboxylic acids is 1. The van der Waals surface area contributed by atoms with Crippen LogP contribution in [0.2, 0.25) is 0 Å². The van der Waals surface area contributed by atoms with Crippen LogP contribution >= 0.6 is 0 Å². The lowest BCUT2D eigenvalue weighted by Gasteiger charge is -2.13. The van der Waals surface area contributed by atoms with Crippen LogP contribution in [0, 0.1) is 0 Å². The molecule has 1 aromatic heterocycles. The van der Waals surface area contributed by atoms with Gasteiger partial charge in [-0.25, -0.2) is 4.98 Å². The van der Waals surface area contributed by atoms with Crippen LogP contribution in [0.25, 0.3) is 0 Å². The summed E-state index contributed by atoms with van der Waals surface area (Å²) >= 11 is 0. The molecule has 0 bridgehead atoms. The van der Waals surface area contributed by atoms with Crippen molar-refractivity contribution in [1.82, 2.24) is 14.9 Å². The van der Waals surface area contributed by atoms with Crippen molar-refractivity contribution in [2.45, 2.75) is 38.4 Å². The molecule has 6 N–H and O–H groups in total. The van der Waals surface area contributed by atoms with Crippen LogP contribution in [0.15, 0.2) is 12.5 Å². The van der Waals surface area contributed by atoms with Gasteiger partial charge in [0.25, 0.3) is 0 Å². The third-order valence-electron chi connectivity index (χ3n) is 2.78. The molecule has 0 unspecified atom stereocenters. The first-order chi connectivity index (χ1) is 9.72. The fourth-order valence-corrected chi connectivity index (χ4v) is 1.52. The van der Waals surface area contributed by atoms with E-state index in [9.17, 15) is 14.4 Å². The number of rotatable bonds is 6. The van der Waals surface area contributed by atoms with Gasteiger partial charge in [0.1, 0.15) is 12.4 Å². The molecular weight excluding hydrogens is 278 g/mol. The summed E-state index contributed by atoms with van der Waals surface area (Å²) in [5.74, 6) is -2.08. The minimum absolute atomic E-state index is 0.0808. The van der Waals surface area contributed by atoms with E-state index in [2.05, 4.69) is 10.3 Å². The summed E-state index contributed by atoms with van der Waals surface area (Å²) in [6.07, 6.45) is 2.82. The Morgan fingerprint density at radius 2 is 2.00 bits per heavy atom. The maximum absolute atomic E-state index is 11.7. The zero-order chi connectivity index (χ0) is 16.2. The van der Waals surface area contributed by atoms with Gasteiger partial charge in [-0.2, -0.15) is 0 Å². The molecule has 0 fully saturated rings. The van der Waals surface area contributed by atoms with E-state index in [4.69, 9.17) is 16.6 Å². The molecule has 3 atom stereocenters. The van der Waals surface area contributed by atoms with E-state index in [1.165, 1.54) is 24.0 Å². The lowest BCUT2D eigenvalue weighted by atomic mass is 10.1. The lowest BCUT2D eigenvalue weighted by Crippen LogP contribution is -2.48. The van der Waals surface area contributed by atoms with E-state index >= 15 is 0 Å². The van der Waals surface area contributed by atoms with Crippen LogP contribution in [0.4, 0.5) is 0 Å². The molecule has 0 saturated heterocycles. The van der Waals surface area contributed by atoms with Crippen LogP contribution in [0.1, 0.15) is 24.3 Å². The average Bonchev–Trinajstić information content (AvgIpc) is 2.85. The Balaban J connectivity index is 2.63. The normalized spacial score (nSPS) is 15.0. The Labute approximate surface area is 121 Å². The largest absolute Gasteiger partial charge is 0.480 e. The van der Waals surface area contributed by atoms with Crippen LogP contribution < -0.4 is 16.8 Å². The van der Waals surface area contributed by atoms with Gasteiger partial charge in [0.05, 0.1) is 17.8 Å². The summed E-state index contributed by atoms with van der Waals surface area (Å²) in [6.45, 7) is 2.89. The predicted molar refractivity (Wildman–Crippen MR) is 73.4 cm³/mol. The van der Waals surface area contributed by atoms with Crippen molar-refractivity contribution in [3.05, 3.63) is 18.2 Å². The highest BCUT2D eigenvalue weighted by atomic mass is 16.4. The smallest absolute Gasteiger partial charge is 0.325 e. The van der Waals surface area contributed by atoms with E-state index in [1.807, 2.05) is 0 Å². The average molecular weight is 297 g/mol. The SMILES string of the molecule is C[C@H](N)C(=O)n1cnc(C[C@H](N)C(=O)N[C@@H](C)C(=O)O)c1. The number of hydrogen-bond donors (Lipinski definition) is 4. The first-order valence-electron chi connectivity index (χ1n) is 6.33. The summed E-state index contributed by atoms with van der Waals surface area (Å²) in [7, 11) is 0. The molecule has 9 nitrogen and oxygen atoms in total. The quantitative estimate of drug-likeness (QED) is 0.489. The molecule has 0 aliphatic carbocycles. The number of amides is 1. The molecule has 0 saturated carbocycles. The summed E-state index contributed by atoms with van der Waals surface area (Å²) in [5.41, 5.74) is 11.6. The molecule has 1 amide bonds. The first-order valence-corrected chi connectivity index (χ1v) is 6.33. The highest BCUT2D eigenvalue weighted by Gasteiger charge is 2.21. The van der Waals surface area contributed by atoms with Crippen molar-refractivity contribution in [3.8, 4) is 0 Å². The van der Waals surface area contributed by atoms with E-state index in [0.29, 0.717) is 5.69 Å². The van der Waals surface area contributed by atoms with Crippen molar-refractivity contribution in [3.63, 3.8) is 0 Å². The molecule has 1 aromatic rings. The fourth-order valence-electron chi connectivity index (χ4n) is 1.52. The number of nitrogens with zero attached hydrogens (tertiary/aromatic N) is 2. The fraction of sp³-hybridized carbons (Fsp3) is 0.500. The second kappa shape index (κ2) is 6.95. The second-order valence-corrected chi connectivity index (χ2v) is 4.78. The molecule has 0 aliphatic heterocycles. The Morgan fingerprint density at radius 1 is 1.38 bits per heavy atom. The van der Waals surface area contributed by atoms with Gasteiger partial charge in [-0.05, 0) is 13.8 Å². The molecule has 0 aromatic carbocycles. The van der Waals surface area contributed by atoms with Gasteiger partial charge in [0.2, 0.25) is 11.8 Å². The number of nitrogens with one attached hydrogen (secondary N) is 1. The van der Waals surface area contributed by atoms with Gasteiger partial charge in [-0.1, -0.05) is 0 Å². The monoisotopic (exact) mass is 297 g/mol. The highest BCUT2D eigenvalue weighted by molar-refractivity contribution is 5.86. The van der Waals surface area contributed by atoms with Gasteiger partial charge in [0, 0.05) is 12.6 Å². The van der Waals surface area contributed by atoms with Gasteiger partial charge in [-0.15, -0.1) is 0 Å². The standard InChI is InChI=1S/C12H19N5O4/c1-6(13)11(19)17-4-8(15-5-17)3-9(14)10(18)16-7(2)12(20)21/h4-7,9H,3,13-14H2,1-2H3,(H,16,18)(H,20,21)/t6-,7-,9-/m0/s1. The number of aliphatic carboxylic acids is 1. The van der Waals surface area contributed by atoms with E-state index in [-0.39, 0.29) is 12.3 Å². The number of carbonyl (C=O) groups excluding carboxylic acids is 2. The number of hydrogen-bond acceptors (Lipinski definition) is 6. The third kappa shape index (κ3) is 4.65.